The normalized spacial score (nSPS) is 22.9. The van der Waals surface area contributed by atoms with Crippen molar-refractivity contribution in [1.82, 2.24) is 19.2 Å². The lowest BCUT2D eigenvalue weighted by Crippen LogP contribution is -2.45. The largest absolute Gasteiger partial charge is 0.342 e. The third-order valence-electron chi connectivity index (χ3n) is 5.65. The molecular formula is C20H28N4O. The monoisotopic (exact) mass is 340 g/mol. The Morgan fingerprint density at radius 1 is 1.08 bits per heavy atom. The van der Waals surface area contributed by atoms with Crippen LogP contribution in [0.3, 0.4) is 0 Å². The van der Waals surface area contributed by atoms with E-state index in [9.17, 15) is 4.79 Å². The van der Waals surface area contributed by atoms with Gasteiger partial charge in [0.25, 0.3) is 0 Å². The number of aromatic nitrogens is 2. The maximum Gasteiger partial charge on any atom is 0.226 e. The molecule has 1 atom stereocenters. The number of amides is 1. The van der Waals surface area contributed by atoms with E-state index >= 15 is 0 Å². The van der Waals surface area contributed by atoms with E-state index in [4.69, 9.17) is 0 Å². The predicted octanol–water partition coefficient (Wildman–Crippen LogP) is 2.95. The first-order chi connectivity index (χ1) is 12.3. The predicted molar refractivity (Wildman–Crippen MR) is 98.2 cm³/mol. The molecule has 0 saturated carbocycles. The van der Waals surface area contributed by atoms with Gasteiger partial charge >= 0.3 is 0 Å². The summed E-state index contributed by atoms with van der Waals surface area (Å²) in [4.78, 5) is 22.0. The molecule has 0 aromatic carbocycles. The van der Waals surface area contributed by atoms with Gasteiger partial charge in [0.15, 0.2) is 0 Å². The zero-order valence-electron chi connectivity index (χ0n) is 14.9. The number of piperidine rings is 1. The molecule has 0 aliphatic carbocycles. The van der Waals surface area contributed by atoms with Crippen molar-refractivity contribution in [3.05, 3.63) is 36.3 Å². The van der Waals surface area contributed by atoms with Gasteiger partial charge in [-0.3, -0.25) is 9.69 Å². The van der Waals surface area contributed by atoms with Crippen LogP contribution in [-0.4, -0.2) is 51.3 Å². The van der Waals surface area contributed by atoms with Crippen molar-refractivity contribution in [2.75, 3.05) is 26.2 Å². The molecule has 0 bridgehead atoms. The lowest BCUT2D eigenvalue weighted by Gasteiger charge is -2.34. The van der Waals surface area contributed by atoms with Crippen molar-refractivity contribution >= 4 is 11.6 Å². The number of hydrogen-bond donors (Lipinski definition) is 0. The maximum absolute atomic E-state index is 12.9. The molecule has 5 heteroatoms. The van der Waals surface area contributed by atoms with E-state index < -0.39 is 0 Å². The molecule has 5 nitrogen and oxygen atoms in total. The van der Waals surface area contributed by atoms with Crippen LogP contribution < -0.4 is 0 Å². The number of carbonyl (C=O) groups excluding carboxylic acids is 1. The Labute approximate surface area is 149 Å². The molecule has 2 aliphatic heterocycles. The number of imidazole rings is 1. The first-order valence-electron chi connectivity index (χ1n) is 9.73. The van der Waals surface area contributed by atoms with Crippen LogP contribution in [-0.2, 0) is 11.3 Å². The Balaban J connectivity index is 1.41. The fourth-order valence-corrected chi connectivity index (χ4v) is 4.28. The van der Waals surface area contributed by atoms with Crippen LogP contribution in [0.2, 0.25) is 0 Å². The van der Waals surface area contributed by atoms with Crippen LogP contribution in [0.5, 0.6) is 0 Å². The molecule has 25 heavy (non-hydrogen) atoms. The second-order valence-electron chi connectivity index (χ2n) is 7.49. The first kappa shape index (κ1) is 16.6. The number of fused-ring (bicyclic) bond motifs is 1. The summed E-state index contributed by atoms with van der Waals surface area (Å²) >= 11 is 0. The average molecular weight is 340 g/mol. The van der Waals surface area contributed by atoms with Crippen molar-refractivity contribution in [1.29, 1.82) is 0 Å². The lowest BCUT2D eigenvalue weighted by atomic mass is 9.96. The summed E-state index contributed by atoms with van der Waals surface area (Å²) < 4.78 is 2.15. The summed E-state index contributed by atoms with van der Waals surface area (Å²) in [5, 5.41) is 0. The topological polar surface area (TPSA) is 40.9 Å². The van der Waals surface area contributed by atoms with E-state index in [1.165, 1.54) is 31.4 Å². The molecule has 2 aromatic rings. The molecule has 2 aliphatic rings. The second-order valence-corrected chi connectivity index (χ2v) is 7.49. The molecular weight excluding hydrogens is 312 g/mol. The average Bonchev–Trinajstić information content (AvgIpc) is 2.87. The van der Waals surface area contributed by atoms with Crippen molar-refractivity contribution in [3.63, 3.8) is 0 Å². The van der Waals surface area contributed by atoms with Gasteiger partial charge < -0.3 is 9.30 Å². The van der Waals surface area contributed by atoms with Crippen molar-refractivity contribution < 1.29 is 4.79 Å². The SMILES string of the molecule is O=C([C@H]1CCCN(Cc2cnc3ccccn23)C1)N1CCCCCC1. The third-order valence-corrected chi connectivity index (χ3v) is 5.65. The minimum absolute atomic E-state index is 0.172. The van der Waals surface area contributed by atoms with Crippen molar-refractivity contribution in [2.24, 2.45) is 5.92 Å². The lowest BCUT2D eigenvalue weighted by molar-refractivity contribution is -0.137. The minimum Gasteiger partial charge on any atom is -0.342 e. The summed E-state index contributed by atoms with van der Waals surface area (Å²) in [6.45, 7) is 4.75. The van der Waals surface area contributed by atoms with Gasteiger partial charge in [-0.15, -0.1) is 0 Å². The van der Waals surface area contributed by atoms with Gasteiger partial charge in [-0.2, -0.15) is 0 Å². The highest BCUT2D eigenvalue weighted by molar-refractivity contribution is 5.79. The highest BCUT2D eigenvalue weighted by atomic mass is 16.2. The summed E-state index contributed by atoms with van der Waals surface area (Å²) in [6.07, 6.45) is 11.1. The number of rotatable bonds is 3. The molecule has 2 saturated heterocycles. The third kappa shape index (κ3) is 3.71. The Bertz CT molecular complexity index is 717. The van der Waals surface area contributed by atoms with Crippen LogP contribution in [0, 0.1) is 5.92 Å². The molecule has 134 valence electrons. The fraction of sp³-hybridized carbons (Fsp3) is 0.600. The van der Waals surface area contributed by atoms with Gasteiger partial charge in [0, 0.05) is 32.4 Å². The second kappa shape index (κ2) is 7.56. The molecule has 2 aromatic heterocycles. The van der Waals surface area contributed by atoms with Crippen LogP contribution in [0.4, 0.5) is 0 Å². The van der Waals surface area contributed by atoms with Crippen molar-refractivity contribution in [2.45, 2.75) is 45.1 Å². The van der Waals surface area contributed by atoms with E-state index in [0.717, 1.165) is 51.2 Å². The summed E-state index contributed by atoms with van der Waals surface area (Å²) in [6, 6.07) is 6.09. The molecule has 2 fully saturated rings. The van der Waals surface area contributed by atoms with Gasteiger partial charge in [-0.1, -0.05) is 18.9 Å². The van der Waals surface area contributed by atoms with E-state index in [-0.39, 0.29) is 5.92 Å². The molecule has 4 heterocycles. The van der Waals surface area contributed by atoms with Gasteiger partial charge in [-0.25, -0.2) is 4.98 Å². The Morgan fingerprint density at radius 3 is 2.76 bits per heavy atom. The molecule has 0 N–H and O–H groups in total. The molecule has 0 spiro atoms. The molecule has 0 unspecified atom stereocenters. The highest BCUT2D eigenvalue weighted by Gasteiger charge is 2.29. The number of likely N-dealkylation sites (tertiary alicyclic amines) is 2. The Kier molecular flexibility index (Phi) is 5.02. The highest BCUT2D eigenvalue weighted by Crippen LogP contribution is 2.22. The van der Waals surface area contributed by atoms with Crippen LogP contribution in [0.15, 0.2) is 30.6 Å². The number of hydrogen-bond acceptors (Lipinski definition) is 3. The van der Waals surface area contributed by atoms with Crippen LogP contribution >= 0.6 is 0 Å². The van der Waals surface area contributed by atoms with Crippen molar-refractivity contribution in [3.8, 4) is 0 Å². The van der Waals surface area contributed by atoms with Gasteiger partial charge in [0.05, 0.1) is 17.8 Å². The molecule has 4 rings (SSSR count). The van der Waals surface area contributed by atoms with Crippen LogP contribution in [0.1, 0.15) is 44.2 Å². The smallest absolute Gasteiger partial charge is 0.226 e. The van der Waals surface area contributed by atoms with Gasteiger partial charge in [-0.05, 0) is 44.4 Å². The quantitative estimate of drug-likeness (QED) is 0.862. The van der Waals surface area contributed by atoms with E-state index in [2.05, 4.69) is 25.4 Å². The zero-order chi connectivity index (χ0) is 17.1. The molecule has 1 amide bonds. The van der Waals surface area contributed by atoms with E-state index in [1.807, 2.05) is 24.4 Å². The zero-order valence-corrected chi connectivity index (χ0v) is 14.9. The number of pyridine rings is 1. The number of carbonyl (C=O) groups is 1. The fourth-order valence-electron chi connectivity index (χ4n) is 4.28. The number of nitrogens with zero attached hydrogens (tertiary/aromatic N) is 4. The first-order valence-corrected chi connectivity index (χ1v) is 9.73. The van der Waals surface area contributed by atoms with E-state index in [0.29, 0.717) is 5.91 Å². The Hall–Kier alpha value is -1.88. The summed E-state index contributed by atoms with van der Waals surface area (Å²) in [7, 11) is 0. The van der Waals surface area contributed by atoms with Gasteiger partial charge in [0.2, 0.25) is 5.91 Å². The van der Waals surface area contributed by atoms with Crippen LogP contribution in [0.25, 0.3) is 5.65 Å². The minimum atomic E-state index is 0.172. The molecule has 0 radical (unpaired) electrons. The van der Waals surface area contributed by atoms with E-state index in [1.54, 1.807) is 0 Å². The standard InChI is InChI=1S/C20H28N4O/c25-20(23-11-4-1-2-5-12-23)17-8-7-10-22(15-17)16-18-14-21-19-9-3-6-13-24(18)19/h3,6,9,13-14,17H,1-2,4-5,7-8,10-12,15-16H2/t17-/m0/s1. The summed E-state index contributed by atoms with van der Waals surface area (Å²) in [5.74, 6) is 0.566. The van der Waals surface area contributed by atoms with Gasteiger partial charge in [0.1, 0.15) is 5.65 Å². The summed E-state index contributed by atoms with van der Waals surface area (Å²) in [5.41, 5.74) is 2.20. The maximum atomic E-state index is 12.9. The Morgan fingerprint density at radius 2 is 1.92 bits per heavy atom.